The zero-order valence-corrected chi connectivity index (χ0v) is 19.1. The summed E-state index contributed by atoms with van der Waals surface area (Å²) in [6, 6.07) is 2.51. The number of benzene rings is 1. The SMILES string of the molecule is C[SiH2]CC1CCC(C2CCC(C(=O)Oc3cc(F)c(OC(F)(F)F)c(F)c3)CC2)CC1. The van der Waals surface area contributed by atoms with E-state index in [-0.39, 0.29) is 15.4 Å². The Bertz CT molecular complexity index is 731. The number of alkyl halides is 3. The highest BCUT2D eigenvalue weighted by atomic mass is 28.2. The lowest BCUT2D eigenvalue weighted by atomic mass is 9.69. The molecule has 2 aliphatic rings. The van der Waals surface area contributed by atoms with Gasteiger partial charge in [0.05, 0.1) is 5.92 Å². The fourth-order valence-corrected chi connectivity index (χ4v) is 6.58. The first-order valence-corrected chi connectivity index (χ1v) is 13.5. The highest BCUT2D eigenvalue weighted by Crippen LogP contribution is 2.42. The average Bonchev–Trinajstić information content (AvgIpc) is 2.71. The zero-order chi connectivity index (χ0) is 22.6. The Kier molecular flexibility index (Phi) is 7.99. The molecule has 0 N–H and O–H groups in total. The van der Waals surface area contributed by atoms with Gasteiger partial charge in [-0.2, -0.15) is 0 Å². The molecule has 0 saturated heterocycles. The van der Waals surface area contributed by atoms with E-state index in [1.54, 1.807) is 0 Å². The van der Waals surface area contributed by atoms with Crippen LogP contribution in [-0.2, 0) is 4.79 Å². The lowest BCUT2D eigenvalue weighted by molar-refractivity contribution is -0.276. The van der Waals surface area contributed by atoms with Crippen molar-refractivity contribution in [2.75, 3.05) is 0 Å². The first kappa shape index (κ1) is 24.0. The molecule has 0 aliphatic heterocycles. The molecular formula is C22H29F5O3Si. The summed E-state index contributed by atoms with van der Waals surface area (Å²) < 4.78 is 72.7. The van der Waals surface area contributed by atoms with Crippen molar-refractivity contribution >= 4 is 15.5 Å². The third-order valence-corrected chi connectivity index (χ3v) is 8.16. The molecule has 2 aliphatic carbocycles. The van der Waals surface area contributed by atoms with E-state index in [1.807, 2.05) is 0 Å². The molecule has 3 nitrogen and oxygen atoms in total. The summed E-state index contributed by atoms with van der Waals surface area (Å²) in [6.45, 7) is 2.36. The highest BCUT2D eigenvalue weighted by molar-refractivity contribution is 6.33. The minimum absolute atomic E-state index is 0.117. The molecule has 2 fully saturated rings. The van der Waals surface area contributed by atoms with Crippen molar-refractivity contribution in [2.24, 2.45) is 23.7 Å². The van der Waals surface area contributed by atoms with E-state index in [9.17, 15) is 26.7 Å². The van der Waals surface area contributed by atoms with Crippen LogP contribution in [0.3, 0.4) is 0 Å². The maximum absolute atomic E-state index is 13.8. The van der Waals surface area contributed by atoms with Crippen LogP contribution in [0.25, 0.3) is 0 Å². The van der Waals surface area contributed by atoms with Gasteiger partial charge in [-0.1, -0.05) is 25.4 Å². The van der Waals surface area contributed by atoms with Crippen molar-refractivity contribution in [2.45, 2.75) is 70.3 Å². The topological polar surface area (TPSA) is 35.5 Å². The maximum Gasteiger partial charge on any atom is 0.573 e. The Morgan fingerprint density at radius 1 is 0.968 bits per heavy atom. The maximum atomic E-state index is 13.8. The van der Waals surface area contributed by atoms with E-state index in [0.29, 0.717) is 30.9 Å². The van der Waals surface area contributed by atoms with Gasteiger partial charge in [0.25, 0.3) is 0 Å². The molecule has 9 heteroatoms. The van der Waals surface area contributed by atoms with Crippen LogP contribution >= 0.6 is 0 Å². The zero-order valence-electron chi connectivity index (χ0n) is 17.6. The van der Waals surface area contributed by atoms with Gasteiger partial charge in [-0.05, 0) is 56.3 Å². The fraction of sp³-hybridized carbons (Fsp3) is 0.682. The van der Waals surface area contributed by atoms with Gasteiger partial charge in [-0.15, -0.1) is 13.2 Å². The Hall–Kier alpha value is -1.64. The van der Waals surface area contributed by atoms with E-state index in [4.69, 9.17) is 4.74 Å². The first-order chi connectivity index (χ1) is 14.7. The lowest BCUT2D eigenvalue weighted by Gasteiger charge is -2.37. The molecule has 0 heterocycles. The number of halogens is 5. The molecule has 0 aromatic heterocycles. The quantitative estimate of drug-likeness (QED) is 0.224. The van der Waals surface area contributed by atoms with Gasteiger partial charge in [0.1, 0.15) is 5.75 Å². The summed E-state index contributed by atoms with van der Waals surface area (Å²) in [6.07, 6.45) is 3.12. The van der Waals surface area contributed by atoms with Crippen LogP contribution in [0.1, 0.15) is 51.4 Å². The van der Waals surface area contributed by atoms with Gasteiger partial charge in [-0.25, -0.2) is 8.78 Å². The van der Waals surface area contributed by atoms with Crippen molar-refractivity contribution < 1.29 is 36.2 Å². The number of carbonyl (C=O) groups excluding carboxylic acids is 1. The number of hydrogen-bond donors (Lipinski definition) is 0. The second-order valence-electron chi connectivity index (χ2n) is 8.87. The van der Waals surface area contributed by atoms with Gasteiger partial charge in [0.15, 0.2) is 11.6 Å². The van der Waals surface area contributed by atoms with Crippen LogP contribution in [0.2, 0.25) is 12.6 Å². The minimum Gasteiger partial charge on any atom is -0.426 e. The van der Waals surface area contributed by atoms with E-state index in [0.717, 1.165) is 24.7 Å². The minimum atomic E-state index is -5.23. The Morgan fingerprint density at radius 3 is 1.97 bits per heavy atom. The molecule has 0 radical (unpaired) electrons. The number of carbonyl (C=O) groups is 1. The van der Waals surface area contributed by atoms with E-state index in [2.05, 4.69) is 11.3 Å². The molecule has 1 aromatic rings. The molecule has 0 unspecified atom stereocenters. The third kappa shape index (κ3) is 6.67. The molecule has 1 aromatic carbocycles. The van der Waals surface area contributed by atoms with Crippen LogP contribution < -0.4 is 9.47 Å². The van der Waals surface area contributed by atoms with Crippen molar-refractivity contribution in [3.05, 3.63) is 23.8 Å². The monoisotopic (exact) mass is 464 g/mol. The van der Waals surface area contributed by atoms with Crippen LogP contribution in [0.5, 0.6) is 11.5 Å². The van der Waals surface area contributed by atoms with Crippen LogP contribution in [0, 0.1) is 35.3 Å². The molecule has 0 bridgehead atoms. The highest BCUT2D eigenvalue weighted by Gasteiger charge is 2.35. The summed E-state index contributed by atoms with van der Waals surface area (Å²) in [5.74, 6) is -3.91. The van der Waals surface area contributed by atoms with Crippen molar-refractivity contribution in [1.82, 2.24) is 0 Å². The third-order valence-electron chi connectivity index (χ3n) is 6.77. The number of rotatable bonds is 6. The molecule has 31 heavy (non-hydrogen) atoms. The molecule has 3 rings (SSSR count). The Labute approximate surface area is 181 Å². The normalized spacial score (nSPS) is 27.4. The average molecular weight is 465 g/mol. The smallest absolute Gasteiger partial charge is 0.426 e. The van der Waals surface area contributed by atoms with Crippen LogP contribution in [-0.4, -0.2) is 21.9 Å². The summed E-state index contributed by atoms with van der Waals surface area (Å²) in [5, 5.41) is 0. The summed E-state index contributed by atoms with van der Waals surface area (Å²) in [7, 11) is 0.117. The van der Waals surface area contributed by atoms with Gasteiger partial charge in [0, 0.05) is 21.7 Å². The number of esters is 1. The molecule has 0 atom stereocenters. The Balaban J connectivity index is 1.50. The molecular weight excluding hydrogens is 435 g/mol. The van der Waals surface area contributed by atoms with Crippen molar-refractivity contribution in [1.29, 1.82) is 0 Å². The first-order valence-electron chi connectivity index (χ1n) is 11.1. The van der Waals surface area contributed by atoms with Crippen LogP contribution in [0.15, 0.2) is 12.1 Å². The van der Waals surface area contributed by atoms with Crippen LogP contribution in [0.4, 0.5) is 22.0 Å². The van der Waals surface area contributed by atoms with E-state index in [1.165, 1.54) is 31.7 Å². The second kappa shape index (κ2) is 10.3. The van der Waals surface area contributed by atoms with Crippen molar-refractivity contribution in [3.8, 4) is 11.5 Å². The predicted molar refractivity (Wildman–Crippen MR) is 109 cm³/mol. The van der Waals surface area contributed by atoms with E-state index < -0.39 is 35.5 Å². The van der Waals surface area contributed by atoms with E-state index >= 15 is 0 Å². The standard InChI is InChI=1S/C22H29F5O3Si/c1-31-12-13-2-4-14(5-3-13)15-6-8-16(9-7-15)21(28)29-17-10-18(23)20(19(24)11-17)30-22(25,26)27/h10-11,13-16H,2-9,12,31H2,1H3. The largest absolute Gasteiger partial charge is 0.573 e. The summed E-state index contributed by atoms with van der Waals surface area (Å²) in [5.41, 5.74) is 0. The number of hydrogen-bond acceptors (Lipinski definition) is 3. The lowest BCUT2D eigenvalue weighted by Crippen LogP contribution is -2.30. The summed E-state index contributed by atoms with van der Waals surface area (Å²) >= 11 is 0. The molecule has 2 saturated carbocycles. The van der Waals surface area contributed by atoms with Gasteiger partial charge in [0.2, 0.25) is 5.75 Å². The molecule has 0 spiro atoms. The fourth-order valence-electron chi connectivity index (χ4n) is 5.19. The second-order valence-corrected chi connectivity index (χ2v) is 10.4. The summed E-state index contributed by atoms with van der Waals surface area (Å²) in [4.78, 5) is 12.4. The number of ether oxygens (including phenoxy) is 2. The molecule has 0 amide bonds. The Morgan fingerprint density at radius 2 is 1.48 bits per heavy atom. The van der Waals surface area contributed by atoms with Gasteiger partial charge < -0.3 is 9.47 Å². The van der Waals surface area contributed by atoms with Crippen molar-refractivity contribution in [3.63, 3.8) is 0 Å². The predicted octanol–water partition coefficient (Wildman–Crippen LogP) is 6.02. The van der Waals surface area contributed by atoms with Gasteiger partial charge in [-0.3, -0.25) is 4.79 Å². The van der Waals surface area contributed by atoms with Gasteiger partial charge >= 0.3 is 12.3 Å². The molecule has 174 valence electrons.